The molecule has 0 aliphatic carbocycles. The van der Waals surface area contributed by atoms with Crippen molar-refractivity contribution >= 4 is 22.8 Å². The van der Waals surface area contributed by atoms with E-state index in [1.165, 1.54) is 4.90 Å². The number of amides is 2. The van der Waals surface area contributed by atoms with E-state index in [1.807, 2.05) is 13.0 Å². The van der Waals surface area contributed by atoms with Gasteiger partial charge < -0.3 is 19.4 Å². The highest BCUT2D eigenvalue weighted by molar-refractivity contribution is 5.95. The molecule has 1 N–H and O–H groups in total. The molecule has 0 unspecified atom stereocenters. The maximum absolute atomic E-state index is 12.3. The van der Waals surface area contributed by atoms with Crippen LogP contribution in [0.25, 0.3) is 10.8 Å². The molecular weight excluding hydrogens is 336 g/mol. The van der Waals surface area contributed by atoms with Gasteiger partial charge in [-0.2, -0.15) is 0 Å². The molecule has 3 rings (SSSR count). The maximum atomic E-state index is 12.3. The molecule has 2 heterocycles. The Morgan fingerprint density at radius 2 is 1.92 bits per heavy atom. The van der Waals surface area contributed by atoms with Crippen LogP contribution in [0.15, 0.2) is 33.5 Å². The summed E-state index contributed by atoms with van der Waals surface area (Å²) in [6.45, 7) is 8.00. The molecule has 26 heavy (non-hydrogen) atoms. The number of fused-ring (bicyclic) bond motifs is 1. The van der Waals surface area contributed by atoms with Crippen LogP contribution < -0.4 is 10.9 Å². The number of likely N-dealkylation sites (tertiary alicyclic amines) is 1. The van der Waals surface area contributed by atoms with Crippen molar-refractivity contribution in [3.8, 4) is 0 Å². The van der Waals surface area contributed by atoms with Crippen molar-refractivity contribution < 1.29 is 18.7 Å². The first-order valence-electron chi connectivity index (χ1n) is 8.46. The Hall–Kier alpha value is -2.83. The van der Waals surface area contributed by atoms with Crippen LogP contribution in [-0.2, 0) is 4.74 Å². The first-order chi connectivity index (χ1) is 12.1. The minimum absolute atomic E-state index is 0.0397. The number of ether oxygens (including phenoxy) is 1. The first kappa shape index (κ1) is 18.0. The van der Waals surface area contributed by atoms with Gasteiger partial charge >= 0.3 is 11.7 Å². The van der Waals surface area contributed by atoms with Crippen LogP contribution in [0.2, 0.25) is 0 Å². The van der Waals surface area contributed by atoms with Crippen LogP contribution in [-0.4, -0.2) is 41.6 Å². The van der Waals surface area contributed by atoms with Crippen LogP contribution in [0.5, 0.6) is 0 Å². The van der Waals surface area contributed by atoms with Crippen LogP contribution >= 0.6 is 0 Å². The molecule has 7 nitrogen and oxygen atoms in total. The average Bonchev–Trinajstić information content (AvgIpc) is 2.48. The first-order valence-corrected chi connectivity index (χ1v) is 8.46. The quantitative estimate of drug-likeness (QED) is 0.891. The topological polar surface area (TPSA) is 88.8 Å². The highest BCUT2D eigenvalue weighted by atomic mass is 16.6. The van der Waals surface area contributed by atoms with Crippen molar-refractivity contribution in [1.82, 2.24) is 10.2 Å². The molecule has 0 saturated carbocycles. The number of benzene rings is 1. The molecule has 0 bridgehead atoms. The second-order valence-electron chi connectivity index (χ2n) is 7.54. The van der Waals surface area contributed by atoms with E-state index in [-0.39, 0.29) is 11.8 Å². The third-order valence-electron chi connectivity index (χ3n) is 4.01. The van der Waals surface area contributed by atoms with Gasteiger partial charge in [-0.05, 0) is 45.2 Å². The number of hydrogen-bond donors (Lipinski definition) is 1. The van der Waals surface area contributed by atoms with Gasteiger partial charge in [-0.15, -0.1) is 0 Å². The third kappa shape index (κ3) is 3.87. The molecule has 1 saturated heterocycles. The minimum Gasteiger partial charge on any atom is -0.444 e. The third-order valence-corrected chi connectivity index (χ3v) is 4.01. The molecule has 2 aromatic rings. The van der Waals surface area contributed by atoms with E-state index >= 15 is 0 Å². The maximum Gasteiger partial charge on any atom is 0.410 e. The standard InChI is InChI=1S/C19H22N2O5/c1-11-5-6-12-8-15(25-17(23)14(12)7-11)16(22)20-13-9-21(10-13)18(24)26-19(2,3)4/h5-8,13H,9-10H2,1-4H3,(H,20,22). The number of hydrogen-bond acceptors (Lipinski definition) is 5. The highest BCUT2D eigenvalue weighted by Gasteiger charge is 2.35. The Morgan fingerprint density at radius 3 is 2.58 bits per heavy atom. The molecule has 138 valence electrons. The summed E-state index contributed by atoms with van der Waals surface area (Å²) in [5.74, 6) is -0.513. The van der Waals surface area contributed by atoms with E-state index in [9.17, 15) is 14.4 Å². The SMILES string of the molecule is Cc1ccc2cc(C(=O)NC3CN(C(=O)OC(C)(C)C)C3)oc(=O)c2c1. The van der Waals surface area contributed by atoms with Crippen LogP contribution in [0, 0.1) is 6.92 Å². The van der Waals surface area contributed by atoms with Gasteiger partial charge in [0.25, 0.3) is 5.91 Å². The molecule has 1 aromatic carbocycles. The Kier molecular flexibility index (Phi) is 4.48. The average molecular weight is 358 g/mol. The van der Waals surface area contributed by atoms with E-state index in [2.05, 4.69) is 5.32 Å². The molecule has 1 aliphatic heterocycles. The lowest BCUT2D eigenvalue weighted by Gasteiger charge is -2.39. The Labute approximate surface area is 150 Å². The molecule has 1 fully saturated rings. The number of carbonyl (C=O) groups is 2. The van der Waals surface area contributed by atoms with E-state index < -0.39 is 23.2 Å². The minimum atomic E-state index is -0.557. The second-order valence-corrected chi connectivity index (χ2v) is 7.54. The normalized spacial score (nSPS) is 14.8. The van der Waals surface area contributed by atoms with E-state index in [0.29, 0.717) is 23.9 Å². The molecular formula is C19H22N2O5. The highest BCUT2D eigenvalue weighted by Crippen LogP contribution is 2.17. The van der Waals surface area contributed by atoms with Crippen molar-refractivity contribution in [3.05, 3.63) is 46.0 Å². The van der Waals surface area contributed by atoms with Crippen molar-refractivity contribution in [1.29, 1.82) is 0 Å². The lowest BCUT2D eigenvalue weighted by molar-refractivity contribution is 0.00521. The van der Waals surface area contributed by atoms with Crippen LogP contribution in [0.1, 0.15) is 36.9 Å². The predicted molar refractivity (Wildman–Crippen MR) is 96.3 cm³/mol. The fourth-order valence-corrected chi connectivity index (χ4v) is 2.71. The Bertz CT molecular complexity index is 920. The number of aryl methyl sites for hydroxylation is 1. The number of rotatable bonds is 2. The summed E-state index contributed by atoms with van der Waals surface area (Å²) in [7, 11) is 0. The van der Waals surface area contributed by atoms with E-state index in [1.54, 1.807) is 39.0 Å². The zero-order valence-electron chi connectivity index (χ0n) is 15.3. The van der Waals surface area contributed by atoms with E-state index in [4.69, 9.17) is 9.15 Å². The summed E-state index contributed by atoms with van der Waals surface area (Å²) < 4.78 is 10.4. The second kappa shape index (κ2) is 6.48. The Morgan fingerprint density at radius 1 is 1.23 bits per heavy atom. The van der Waals surface area contributed by atoms with Gasteiger partial charge in [0.2, 0.25) is 0 Å². The zero-order valence-corrected chi connectivity index (χ0v) is 15.3. The summed E-state index contributed by atoms with van der Waals surface area (Å²) >= 11 is 0. The van der Waals surface area contributed by atoms with Gasteiger partial charge in [0, 0.05) is 13.1 Å². The van der Waals surface area contributed by atoms with Crippen LogP contribution in [0.4, 0.5) is 4.79 Å². The predicted octanol–water partition coefficient (Wildman–Crippen LogP) is 2.45. The molecule has 1 aliphatic rings. The van der Waals surface area contributed by atoms with Gasteiger partial charge in [0.05, 0.1) is 11.4 Å². The summed E-state index contributed by atoms with van der Waals surface area (Å²) in [6, 6.07) is 6.73. The molecule has 2 amide bonds. The van der Waals surface area contributed by atoms with Crippen molar-refractivity contribution in [3.63, 3.8) is 0 Å². The lowest BCUT2D eigenvalue weighted by atomic mass is 10.1. The number of nitrogens with zero attached hydrogens (tertiary/aromatic N) is 1. The van der Waals surface area contributed by atoms with E-state index in [0.717, 1.165) is 5.56 Å². The van der Waals surface area contributed by atoms with Gasteiger partial charge in [-0.1, -0.05) is 17.7 Å². The molecule has 0 atom stereocenters. The lowest BCUT2D eigenvalue weighted by Crippen LogP contribution is -2.61. The van der Waals surface area contributed by atoms with Crippen molar-refractivity contribution in [2.45, 2.75) is 39.3 Å². The monoisotopic (exact) mass is 358 g/mol. The van der Waals surface area contributed by atoms with Crippen molar-refractivity contribution in [2.24, 2.45) is 0 Å². The fraction of sp³-hybridized carbons (Fsp3) is 0.421. The van der Waals surface area contributed by atoms with Crippen LogP contribution in [0.3, 0.4) is 0 Å². The summed E-state index contributed by atoms with van der Waals surface area (Å²) in [5.41, 5.74) is -0.155. The van der Waals surface area contributed by atoms with Gasteiger partial charge in [-0.3, -0.25) is 4.79 Å². The smallest absolute Gasteiger partial charge is 0.410 e. The fourth-order valence-electron chi connectivity index (χ4n) is 2.71. The number of nitrogens with one attached hydrogen (secondary N) is 1. The summed E-state index contributed by atoms with van der Waals surface area (Å²) in [4.78, 5) is 37.8. The van der Waals surface area contributed by atoms with Gasteiger partial charge in [0.1, 0.15) is 5.60 Å². The molecule has 7 heteroatoms. The molecule has 0 radical (unpaired) electrons. The van der Waals surface area contributed by atoms with Gasteiger partial charge in [0.15, 0.2) is 5.76 Å². The number of carbonyl (C=O) groups excluding carboxylic acids is 2. The molecule has 1 aromatic heterocycles. The molecule has 0 spiro atoms. The largest absolute Gasteiger partial charge is 0.444 e. The Balaban J connectivity index is 1.63. The van der Waals surface area contributed by atoms with Crippen molar-refractivity contribution in [2.75, 3.05) is 13.1 Å². The van der Waals surface area contributed by atoms with Gasteiger partial charge in [-0.25, -0.2) is 9.59 Å². The summed E-state index contributed by atoms with van der Waals surface area (Å²) in [5, 5.41) is 3.86. The summed E-state index contributed by atoms with van der Waals surface area (Å²) in [6.07, 6.45) is -0.407. The zero-order chi connectivity index (χ0) is 19.1.